The van der Waals surface area contributed by atoms with Crippen LogP contribution in [0.25, 0.3) is 0 Å². The van der Waals surface area contributed by atoms with Crippen molar-refractivity contribution in [3.05, 3.63) is 21.9 Å². The molecule has 0 radical (unpaired) electrons. The molecule has 0 aromatic carbocycles. The Balaban J connectivity index is 1.94. The second-order valence-electron chi connectivity index (χ2n) is 4.04. The Morgan fingerprint density at radius 1 is 1.40 bits per heavy atom. The van der Waals surface area contributed by atoms with Crippen LogP contribution < -0.4 is 5.73 Å². The van der Waals surface area contributed by atoms with E-state index in [1.807, 2.05) is 6.07 Å². The topological polar surface area (TPSA) is 49.5 Å². The lowest BCUT2D eigenvalue weighted by Gasteiger charge is -2.12. The molecule has 1 aromatic rings. The minimum Gasteiger partial charge on any atom is -0.386 e. The molecule has 15 heavy (non-hydrogen) atoms. The first-order valence-corrected chi connectivity index (χ1v) is 6.30. The molecule has 4 heteroatoms. The van der Waals surface area contributed by atoms with Gasteiger partial charge in [-0.3, -0.25) is 4.90 Å². The Hall–Kier alpha value is -0.420. The summed E-state index contributed by atoms with van der Waals surface area (Å²) in [7, 11) is 0. The van der Waals surface area contributed by atoms with Gasteiger partial charge in [0.15, 0.2) is 0 Å². The van der Waals surface area contributed by atoms with Crippen LogP contribution in [-0.2, 0) is 6.54 Å². The highest BCUT2D eigenvalue weighted by atomic mass is 32.1. The lowest BCUT2D eigenvalue weighted by molar-refractivity contribution is 0.190. The quantitative estimate of drug-likeness (QED) is 0.814. The molecule has 2 heterocycles. The highest BCUT2D eigenvalue weighted by Gasteiger charge is 2.14. The monoisotopic (exact) mass is 226 g/mol. The molecule has 3 nitrogen and oxygen atoms in total. The average molecular weight is 226 g/mol. The molecule has 0 aliphatic carbocycles. The van der Waals surface area contributed by atoms with E-state index in [1.165, 1.54) is 30.8 Å². The van der Waals surface area contributed by atoms with Crippen molar-refractivity contribution in [3.63, 3.8) is 0 Å². The predicted octanol–water partition coefficient (Wildman–Crippen LogP) is 1.34. The molecule has 1 aliphatic rings. The molecule has 0 spiro atoms. The molecule has 0 bridgehead atoms. The molecule has 2 rings (SSSR count). The van der Waals surface area contributed by atoms with Gasteiger partial charge in [-0.25, -0.2) is 0 Å². The van der Waals surface area contributed by atoms with Crippen molar-refractivity contribution in [2.75, 3.05) is 19.6 Å². The van der Waals surface area contributed by atoms with Crippen LogP contribution in [0.15, 0.2) is 12.1 Å². The van der Waals surface area contributed by atoms with Gasteiger partial charge in [0.05, 0.1) is 0 Å². The van der Waals surface area contributed by atoms with Crippen LogP contribution in [0.5, 0.6) is 0 Å². The van der Waals surface area contributed by atoms with Gasteiger partial charge in [0, 0.05) is 22.8 Å². The summed E-state index contributed by atoms with van der Waals surface area (Å²) in [6, 6.07) is 4.10. The molecule has 0 saturated carbocycles. The summed E-state index contributed by atoms with van der Waals surface area (Å²) < 4.78 is 0. The molecule has 1 unspecified atom stereocenters. The van der Waals surface area contributed by atoms with Gasteiger partial charge in [-0.2, -0.15) is 0 Å². The van der Waals surface area contributed by atoms with E-state index in [2.05, 4.69) is 11.0 Å². The number of nitrogens with two attached hydrogens (primary N) is 1. The van der Waals surface area contributed by atoms with E-state index < -0.39 is 6.10 Å². The van der Waals surface area contributed by atoms with Crippen LogP contribution in [0.4, 0.5) is 0 Å². The summed E-state index contributed by atoms with van der Waals surface area (Å²) >= 11 is 1.68. The van der Waals surface area contributed by atoms with Gasteiger partial charge in [-0.05, 0) is 38.1 Å². The van der Waals surface area contributed by atoms with Gasteiger partial charge >= 0.3 is 0 Å². The number of rotatable bonds is 4. The number of hydrogen-bond acceptors (Lipinski definition) is 4. The molecule has 1 aromatic heterocycles. The first kappa shape index (κ1) is 11.1. The van der Waals surface area contributed by atoms with Gasteiger partial charge in [0.25, 0.3) is 0 Å². The zero-order chi connectivity index (χ0) is 10.7. The summed E-state index contributed by atoms with van der Waals surface area (Å²) in [6.45, 7) is 3.77. The number of likely N-dealkylation sites (tertiary alicyclic amines) is 1. The number of aliphatic hydroxyl groups is 1. The van der Waals surface area contributed by atoms with Crippen molar-refractivity contribution < 1.29 is 5.11 Å². The van der Waals surface area contributed by atoms with Crippen molar-refractivity contribution in [2.45, 2.75) is 25.5 Å². The Morgan fingerprint density at radius 3 is 2.80 bits per heavy atom. The Morgan fingerprint density at radius 2 is 2.13 bits per heavy atom. The predicted molar refractivity (Wildman–Crippen MR) is 62.8 cm³/mol. The molecule has 1 aliphatic heterocycles. The summed E-state index contributed by atoms with van der Waals surface area (Å²) in [4.78, 5) is 4.79. The van der Waals surface area contributed by atoms with Crippen LogP contribution in [0.3, 0.4) is 0 Å². The molecular weight excluding hydrogens is 208 g/mol. The summed E-state index contributed by atoms with van der Waals surface area (Å²) in [5.74, 6) is 0. The first-order valence-electron chi connectivity index (χ1n) is 5.48. The Kier molecular flexibility index (Phi) is 3.75. The standard InChI is InChI=1S/C11H18N2OS/c12-7-10(14)11-4-3-9(15-11)8-13-5-1-2-6-13/h3-4,10,14H,1-2,5-8,12H2. The molecule has 0 amide bonds. The van der Waals surface area contributed by atoms with Crippen molar-refractivity contribution >= 4 is 11.3 Å². The fourth-order valence-electron chi connectivity index (χ4n) is 1.94. The van der Waals surface area contributed by atoms with E-state index in [-0.39, 0.29) is 0 Å². The number of nitrogens with zero attached hydrogens (tertiary/aromatic N) is 1. The SMILES string of the molecule is NCC(O)c1ccc(CN2CCCC2)s1. The lowest BCUT2D eigenvalue weighted by atomic mass is 10.3. The summed E-state index contributed by atoms with van der Waals surface area (Å²) in [6.07, 6.45) is 2.16. The summed E-state index contributed by atoms with van der Waals surface area (Å²) in [5, 5.41) is 9.58. The zero-order valence-corrected chi connectivity index (χ0v) is 9.67. The molecule has 84 valence electrons. The van der Waals surface area contributed by atoms with Crippen molar-refractivity contribution in [2.24, 2.45) is 5.73 Å². The maximum absolute atomic E-state index is 9.58. The molecule has 1 atom stereocenters. The number of aliphatic hydroxyl groups excluding tert-OH is 1. The molecule has 1 fully saturated rings. The van der Waals surface area contributed by atoms with Crippen molar-refractivity contribution in [1.29, 1.82) is 0 Å². The van der Waals surface area contributed by atoms with Gasteiger partial charge in [0.2, 0.25) is 0 Å². The van der Waals surface area contributed by atoms with Gasteiger partial charge in [-0.15, -0.1) is 11.3 Å². The van der Waals surface area contributed by atoms with Crippen molar-refractivity contribution in [1.82, 2.24) is 4.90 Å². The van der Waals surface area contributed by atoms with Gasteiger partial charge in [0.1, 0.15) is 6.10 Å². The summed E-state index contributed by atoms with van der Waals surface area (Å²) in [5.41, 5.74) is 5.42. The first-order chi connectivity index (χ1) is 7.29. The Labute approximate surface area is 94.5 Å². The highest BCUT2D eigenvalue weighted by Crippen LogP contribution is 2.24. The van der Waals surface area contributed by atoms with E-state index >= 15 is 0 Å². The fraction of sp³-hybridized carbons (Fsp3) is 0.636. The van der Waals surface area contributed by atoms with E-state index in [9.17, 15) is 5.11 Å². The average Bonchev–Trinajstić information content (AvgIpc) is 2.88. The third-order valence-electron chi connectivity index (χ3n) is 2.81. The maximum Gasteiger partial charge on any atom is 0.100 e. The second-order valence-corrected chi connectivity index (χ2v) is 5.24. The van der Waals surface area contributed by atoms with E-state index in [0.29, 0.717) is 6.54 Å². The van der Waals surface area contributed by atoms with Gasteiger partial charge < -0.3 is 10.8 Å². The van der Waals surface area contributed by atoms with Crippen LogP contribution in [0.1, 0.15) is 28.7 Å². The van der Waals surface area contributed by atoms with Crippen LogP contribution >= 0.6 is 11.3 Å². The smallest absolute Gasteiger partial charge is 0.100 e. The molecular formula is C11H18N2OS. The zero-order valence-electron chi connectivity index (χ0n) is 8.85. The fourth-order valence-corrected chi connectivity index (χ4v) is 2.99. The van der Waals surface area contributed by atoms with Crippen molar-refractivity contribution in [3.8, 4) is 0 Å². The maximum atomic E-state index is 9.58. The third-order valence-corrected chi connectivity index (χ3v) is 3.98. The van der Waals surface area contributed by atoms with Crippen LogP contribution in [0.2, 0.25) is 0 Å². The van der Waals surface area contributed by atoms with E-state index in [4.69, 9.17) is 5.73 Å². The third kappa shape index (κ3) is 2.78. The van der Waals surface area contributed by atoms with E-state index in [0.717, 1.165) is 11.4 Å². The lowest BCUT2D eigenvalue weighted by Crippen LogP contribution is -2.17. The van der Waals surface area contributed by atoms with E-state index in [1.54, 1.807) is 11.3 Å². The molecule has 3 N–H and O–H groups in total. The van der Waals surface area contributed by atoms with Crippen LogP contribution in [0, 0.1) is 0 Å². The largest absolute Gasteiger partial charge is 0.386 e. The molecule has 1 saturated heterocycles. The number of hydrogen-bond donors (Lipinski definition) is 2. The Bertz CT molecular complexity index is 307. The minimum atomic E-state index is -0.484. The normalized spacial score (nSPS) is 19.6. The highest BCUT2D eigenvalue weighted by molar-refractivity contribution is 7.12. The van der Waals surface area contributed by atoms with Gasteiger partial charge in [-0.1, -0.05) is 0 Å². The minimum absolute atomic E-state index is 0.309. The van der Waals surface area contributed by atoms with Crippen LogP contribution in [-0.4, -0.2) is 29.6 Å². The second kappa shape index (κ2) is 5.07. The number of thiophene rings is 1.